The maximum absolute atomic E-state index is 13.8. The van der Waals surface area contributed by atoms with Crippen molar-refractivity contribution in [3.8, 4) is 0 Å². The zero-order valence-corrected chi connectivity index (χ0v) is 12.9. The van der Waals surface area contributed by atoms with Crippen molar-refractivity contribution in [3.63, 3.8) is 0 Å². The van der Waals surface area contributed by atoms with Crippen LogP contribution >= 0.6 is 23.2 Å². The fourth-order valence-electron chi connectivity index (χ4n) is 1.64. The maximum atomic E-state index is 13.8. The molecule has 2 aromatic carbocycles. The molecular formula is C13H11Cl2FN2O2S. The first-order valence-electron chi connectivity index (χ1n) is 5.78. The number of nitrogens with one attached hydrogen (secondary N) is 1. The van der Waals surface area contributed by atoms with Gasteiger partial charge >= 0.3 is 0 Å². The van der Waals surface area contributed by atoms with Crippen LogP contribution < -0.4 is 10.5 Å². The Hall–Kier alpha value is -1.34. The first-order valence-corrected chi connectivity index (χ1v) is 8.02. The van der Waals surface area contributed by atoms with Crippen LogP contribution in [-0.4, -0.2) is 8.42 Å². The number of halogens is 3. The molecule has 0 unspecified atom stereocenters. The molecule has 2 aromatic rings. The maximum Gasteiger partial charge on any atom is 0.243 e. The monoisotopic (exact) mass is 348 g/mol. The summed E-state index contributed by atoms with van der Waals surface area (Å²) in [7, 11) is -4.07. The van der Waals surface area contributed by atoms with Crippen molar-refractivity contribution in [3.05, 3.63) is 57.8 Å². The van der Waals surface area contributed by atoms with E-state index in [1.165, 1.54) is 0 Å². The van der Waals surface area contributed by atoms with Gasteiger partial charge in [0.25, 0.3) is 0 Å². The zero-order chi connectivity index (χ0) is 15.6. The summed E-state index contributed by atoms with van der Waals surface area (Å²) < 4.78 is 40.3. The SMILES string of the molecule is Nc1cc(Cl)c(F)c(S(=O)(=O)NCc2ccc(Cl)cc2)c1. The lowest BCUT2D eigenvalue weighted by atomic mass is 10.2. The van der Waals surface area contributed by atoms with E-state index >= 15 is 0 Å². The molecule has 0 saturated heterocycles. The molecule has 0 spiro atoms. The summed E-state index contributed by atoms with van der Waals surface area (Å²) in [5, 5.41) is 0.192. The second-order valence-electron chi connectivity index (χ2n) is 4.27. The Morgan fingerprint density at radius 3 is 2.38 bits per heavy atom. The molecule has 2 rings (SSSR count). The minimum absolute atomic E-state index is 0.00857. The van der Waals surface area contributed by atoms with E-state index in [4.69, 9.17) is 28.9 Å². The summed E-state index contributed by atoms with van der Waals surface area (Å²) in [5.74, 6) is -1.03. The van der Waals surface area contributed by atoms with E-state index in [9.17, 15) is 12.8 Å². The summed E-state index contributed by atoms with van der Waals surface area (Å²) >= 11 is 11.3. The van der Waals surface area contributed by atoms with Gasteiger partial charge in [0.1, 0.15) is 4.90 Å². The van der Waals surface area contributed by atoms with Crippen LogP contribution in [0.5, 0.6) is 0 Å². The van der Waals surface area contributed by atoms with Crippen LogP contribution in [0.25, 0.3) is 0 Å². The van der Waals surface area contributed by atoms with Crippen molar-refractivity contribution in [2.24, 2.45) is 0 Å². The van der Waals surface area contributed by atoms with Crippen molar-refractivity contribution in [1.82, 2.24) is 4.72 Å². The molecule has 0 aliphatic carbocycles. The van der Waals surface area contributed by atoms with E-state index < -0.39 is 20.7 Å². The number of rotatable bonds is 4. The molecule has 8 heteroatoms. The number of nitrogen functional groups attached to an aromatic ring is 1. The van der Waals surface area contributed by atoms with Gasteiger partial charge in [-0.2, -0.15) is 0 Å². The highest BCUT2D eigenvalue weighted by atomic mass is 35.5. The predicted molar refractivity (Wildman–Crippen MR) is 81.3 cm³/mol. The summed E-state index contributed by atoms with van der Waals surface area (Å²) in [6, 6.07) is 8.74. The standard InChI is InChI=1S/C13H11Cl2FN2O2S/c14-9-3-1-8(2-4-9)7-18-21(19,20)12-6-10(17)5-11(15)13(12)16/h1-6,18H,7,17H2. The minimum Gasteiger partial charge on any atom is -0.399 e. The van der Waals surface area contributed by atoms with Gasteiger partial charge in [0.05, 0.1) is 5.02 Å². The molecule has 112 valence electrons. The van der Waals surface area contributed by atoms with Crippen LogP contribution in [0.15, 0.2) is 41.3 Å². The van der Waals surface area contributed by atoms with Gasteiger partial charge in [-0.3, -0.25) is 0 Å². The number of hydrogen-bond donors (Lipinski definition) is 2. The Labute approximate surface area is 131 Å². The van der Waals surface area contributed by atoms with E-state index in [1.54, 1.807) is 24.3 Å². The topological polar surface area (TPSA) is 72.2 Å². The molecule has 0 fully saturated rings. The molecule has 0 aromatic heterocycles. The summed E-state index contributed by atoms with van der Waals surface area (Å²) in [6.07, 6.45) is 0. The van der Waals surface area contributed by atoms with E-state index in [-0.39, 0.29) is 17.3 Å². The largest absolute Gasteiger partial charge is 0.399 e. The molecule has 0 heterocycles. The van der Waals surface area contributed by atoms with Gasteiger partial charge in [-0.05, 0) is 29.8 Å². The first kappa shape index (κ1) is 16.0. The smallest absolute Gasteiger partial charge is 0.243 e. The van der Waals surface area contributed by atoms with Crippen molar-refractivity contribution < 1.29 is 12.8 Å². The highest BCUT2D eigenvalue weighted by Gasteiger charge is 2.21. The highest BCUT2D eigenvalue weighted by molar-refractivity contribution is 7.89. The average molecular weight is 349 g/mol. The Morgan fingerprint density at radius 1 is 1.14 bits per heavy atom. The van der Waals surface area contributed by atoms with Crippen molar-refractivity contribution >= 4 is 38.9 Å². The minimum atomic E-state index is -4.07. The Kier molecular flexibility index (Phi) is 4.73. The third kappa shape index (κ3) is 3.85. The number of benzene rings is 2. The molecular weight excluding hydrogens is 338 g/mol. The van der Waals surface area contributed by atoms with E-state index in [1.807, 2.05) is 0 Å². The van der Waals surface area contributed by atoms with Gasteiger partial charge in [-0.15, -0.1) is 0 Å². The van der Waals surface area contributed by atoms with Crippen LogP contribution in [0.4, 0.5) is 10.1 Å². The quantitative estimate of drug-likeness (QED) is 0.833. The Morgan fingerprint density at radius 2 is 1.76 bits per heavy atom. The molecule has 0 aliphatic heterocycles. The van der Waals surface area contributed by atoms with Gasteiger partial charge in [0.15, 0.2) is 5.82 Å². The first-order chi connectivity index (χ1) is 9.79. The summed E-state index contributed by atoms with van der Waals surface area (Å²) in [4.78, 5) is -0.582. The number of nitrogens with two attached hydrogens (primary N) is 1. The fourth-order valence-corrected chi connectivity index (χ4v) is 3.20. The van der Waals surface area contributed by atoms with Crippen LogP contribution in [0.3, 0.4) is 0 Å². The summed E-state index contributed by atoms with van der Waals surface area (Å²) in [6.45, 7) is -0.00857. The lowest BCUT2D eigenvalue weighted by Crippen LogP contribution is -2.24. The zero-order valence-electron chi connectivity index (χ0n) is 10.6. The van der Waals surface area contributed by atoms with E-state index in [0.29, 0.717) is 10.6 Å². The molecule has 0 saturated carbocycles. The Balaban J connectivity index is 2.25. The van der Waals surface area contributed by atoms with E-state index in [0.717, 1.165) is 12.1 Å². The highest BCUT2D eigenvalue weighted by Crippen LogP contribution is 2.25. The van der Waals surface area contributed by atoms with Gasteiger partial charge in [0, 0.05) is 17.3 Å². The fraction of sp³-hybridized carbons (Fsp3) is 0.0769. The molecule has 0 amide bonds. The van der Waals surface area contributed by atoms with E-state index in [2.05, 4.69) is 4.72 Å². The van der Waals surface area contributed by atoms with Crippen molar-refractivity contribution in [2.75, 3.05) is 5.73 Å². The Bertz CT molecular complexity index is 764. The van der Waals surface area contributed by atoms with Crippen LogP contribution in [0.2, 0.25) is 10.0 Å². The van der Waals surface area contributed by atoms with Crippen molar-refractivity contribution in [1.29, 1.82) is 0 Å². The lowest BCUT2D eigenvalue weighted by Gasteiger charge is -2.09. The second-order valence-corrected chi connectivity index (χ2v) is 6.84. The van der Waals surface area contributed by atoms with Gasteiger partial charge < -0.3 is 5.73 Å². The van der Waals surface area contributed by atoms with Crippen LogP contribution in [-0.2, 0) is 16.6 Å². The molecule has 0 radical (unpaired) electrons. The normalized spacial score (nSPS) is 11.6. The van der Waals surface area contributed by atoms with Crippen LogP contribution in [0, 0.1) is 5.82 Å². The molecule has 0 atom stereocenters. The van der Waals surface area contributed by atoms with Crippen LogP contribution in [0.1, 0.15) is 5.56 Å². The number of anilines is 1. The second kappa shape index (κ2) is 6.19. The lowest BCUT2D eigenvalue weighted by molar-refractivity contribution is 0.557. The molecule has 4 nitrogen and oxygen atoms in total. The molecule has 0 aliphatic rings. The van der Waals surface area contributed by atoms with Gasteiger partial charge in [0.2, 0.25) is 10.0 Å². The molecule has 0 bridgehead atoms. The summed E-state index contributed by atoms with van der Waals surface area (Å²) in [5.41, 5.74) is 6.23. The molecule has 21 heavy (non-hydrogen) atoms. The predicted octanol–water partition coefficient (Wildman–Crippen LogP) is 3.19. The third-order valence-electron chi connectivity index (χ3n) is 2.69. The molecule has 3 N–H and O–H groups in total. The van der Waals surface area contributed by atoms with Gasteiger partial charge in [-0.1, -0.05) is 35.3 Å². The van der Waals surface area contributed by atoms with Gasteiger partial charge in [-0.25, -0.2) is 17.5 Å². The number of hydrogen-bond acceptors (Lipinski definition) is 3. The third-order valence-corrected chi connectivity index (χ3v) is 4.61. The number of sulfonamides is 1. The average Bonchev–Trinajstić information content (AvgIpc) is 2.42. The van der Waals surface area contributed by atoms with Crippen molar-refractivity contribution in [2.45, 2.75) is 11.4 Å².